The van der Waals surface area contributed by atoms with Crippen molar-refractivity contribution in [3.8, 4) is 6.07 Å². The Kier molecular flexibility index (Phi) is 9.46. The van der Waals surface area contributed by atoms with E-state index >= 15 is 0 Å². The van der Waals surface area contributed by atoms with E-state index in [2.05, 4.69) is 15.8 Å². The Labute approximate surface area is 198 Å². The number of carbonyl (C=O) groups excluding carboxylic acids is 4. The number of hydrogen-bond donors (Lipinski definition) is 2. The van der Waals surface area contributed by atoms with Crippen LogP contribution in [0.25, 0.3) is 0 Å². The zero-order valence-corrected chi connectivity index (χ0v) is 20.2. The Morgan fingerprint density at radius 2 is 1.94 bits per heavy atom. The molecular weight excluding hydrogens is 444 g/mol. The quantitative estimate of drug-likeness (QED) is 0.374. The monoisotopic (exact) mass is 476 g/mol. The molecule has 1 aromatic rings. The van der Waals surface area contributed by atoms with Gasteiger partial charge in [-0.25, -0.2) is 0 Å². The van der Waals surface area contributed by atoms with Crippen molar-refractivity contribution >= 4 is 23.4 Å². The van der Waals surface area contributed by atoms with Crippen molar-refractivity contribution in [2.45, 2.75) is 64.6 Å². The normalized spacial score (nSPS) is 19.6. The first-order valence-corrected chi connectivity index (χ1v) is 11.1. The van der Waals surface area contributed by atoms with Gasteiger partial charge in [-0.05, 0) is 26.2 Å². The van der Waals surface area contributed by atoms with E-state index in [1.807, 2.05) is 19.9 Å². The lowest BCUT2D eigenvalue weighted by Gasteiger charge is -2.24. The van der Waals surface area contributed by atoms with Crippen molar-refractivity contribution in [2.75, 3.05) is 20.3 Å². The van der Waals surface area contributed by atoms with Crippen LogP contribution in [-0.2, 0) is 23.9 Å². The van der Waals surface area contributed by atoms with Crippen LogP contribution in [-0.4, -0.2) is 66.5 Å². The van der Waals surface area contributed by atoms with Gasteiger partial charge in [0.1, 0.15) is 17.4 Å². The number of ether oxygens (including phenoxy) is 2. The summed E-state index contributed by atoms with van der Waals surface area (Å²) in [6, 6.07) is 1.49. The first kappa shape index (κ1) is 27.1. The van der Waals surface area contributed by atoms with Crippen molar-refractivity contribution in [1.82, 2.24) is 15.8 Å². The number of rotatable bonds is 14. The summed E-state index contributed by atoms with van der Waals surface area (Å²) in [6.45, 7) is 7.30. The molecule has 0 bridgehead atoms. The highest BCUT2D eigenvalue weighted by Crippen LogP contribution is 2.30. The second-order valence-corrected chi connectivity index (χ2v) is 9.11. The Morgan fingerprint density at radius 1 is 1.26 bits per heavy atom. The minimum Gasteiger partial charge on any atom is -0.382 e. The lowest BCUT2D eigenvalue weighted by molar-refractivity contribution is -0.134. The van der Waals surface area contributed by atoms with Crippen LogP contribution in [0.4, 0.5) is 0 Å². The molecule has 0 radical (unpaired) electrons. The van der Waals surface area contributed by atoms with E-state index in [0.717, 1.165) is 0 Å². The molecule has 2 amide bonds. The van der Waals surface area contributed by atoms with E-state index in [4.69, 9.17) is 14.0 Å². The smallest absolute Gasteiger partial charge is 0.274 e. The van der Waals surface area contributed by atoms with Gasteiger partial charge < -0.3 is 24.6 Å². The predicted molar refractivity (Wildman–Crippen MR) is 118 cm³/mol. The molecular formula is C23H32N4O7. The highest BCUT2D eigenvalue weighted by molar-refractivity contribution is 5.99. The fourth-order valence-electron chi connectivity index (χ4n) is 3.45. The van der Waals surface area contributed by atoms with E-state index < -0.39 is 41.2 Å². The number of aryl methyl sites for hydroxylation is 1. The number of epoxide rings is 1. The summed E-state index contributed by atoms with van der Waals surface area (Å²) >= 11 is 0. The molecule has 186 valence electrons. The molecule has 1 aliphatic heterocycles. The van der Waals surface area contributed by atoms with E-state index in [1.165, 1.54) is 13.2 Å². The van der Waals surface area contributed by atoms with Gasteiger partial charge in [-0.15, -0.1) is 0 Å². The zero-order chi connectivity index (χ0) is 25.5. The third-order valence-electron chi connectivity index (χ3n) is 5.48. The van der Waals surface area contributed by atoms with Crippen LogP contribution >= 0.6 is 0 Å². The van der Waals surface area contributed by atoms with Gasteiger partial charge in [-0.2, -0.15) is 5.26 Å². The maximum absolute atomic E-state index is 13.0. The lowest BCUT2D eigenvalue weighted by Crippen LogP contribution is -2.50. The largest absolute Gasteiger partial charge is 0.382 e. The van der Waals surface area contributed by atoms with E-state index in [1.54, 1.807) is 13.8 Å². The number of nitrogens with zero attached hydrogens (tertiary/aromatic N) is 2. The first-order chi connectivity index (χ1) is 16.0. The molecule has 1 saturated heterocycles. The minimum atomic E-state index is -1.06. The Bertz CT molecular complexity index is 945. The van der Waals surface area contributed by atoms with Crippen molar-refractivity contribution in [2.24, 2.45) is 11.8 Å². The number of methoxy groups -OCH3 is 1. The van der Waals surface area contributed by atoms with Crippen molar-refractivity contribution in [3.63, 3.8) is 0 Å². The highest BCUT2D eigenvalue weighted by atomic mass is 16.6. The summed E-state index contributed by atoms with van der Waals surface area (Å²) in [5.74, 6) is -2.38. The number of ketones is 2. The Balaban J connectivity index is 2.09. The number of carbonyl (C=O) groups is 4. The van der Waals surface area contributed by atoms with Crippen LogP contribution in [0.1, 0.15) is 56.3 Å². The molecule has 2 rings (SSSR count). The van der Waals surface area contributed by atoms with Gasteiger partial charge in [0.2, 0.25) is 5.91 Å². The van der Waals surface area contributed by atoms with Gasteiger partial charge in [0, 0.05) is 26.0 Å². The molecule has 2 N–H and O–H groups in total. The van der Waals surface area contributed by atoms with E-state index in [-0.39, 0.29) is 36.8 Å². The van der Waals surface area contributed by atoms with Gasteiger partial charge in [0.05, 0.1) is 31.2 Å². The molecule has 0 aromatic carbocycles. The maximum Gasteiger partial charge on any atom is 0.274 e. The minimum absolute atomic E-state index is 0.00329. The molecule has 0 aliphatic carbocycles. The summed E-state index contributed by atoms with van der Waals surface area (Å²) < 4.78 is 15.2. The van der Waals surface area contributed by atoms with Gasteiger partial charge in [0.25, 0.3) is 5.91 Å². The number of hydrogen-bond acceptors (Lipinski definition) is 9. The summed E-state index contributed by atoms with van der Waals surface area (Å²) in [4.78, 5) is 51.1. The Hall–Kier alpha value is -3.10. The number of nitrogens with one attached hydrogen (secondary N) is 2. The number of Topliss-reactive ketones (excluding diaryl/α,β-unsaturated/α-hetero) is 2. The average Bonchev–Trinajstić information content (AvgIpc) is 3.37. The molecule has 0 spiro atoms. The molecule has 11 heteroatoms. The molecule has 4 atom stereocenters. The van der Waals surface area contributed by atoms with Gasteiger partial charge in [-0.1, -0.05) is 19.0 Å². The Morgan fingerprint density at radius 3 is 2.44 bits per heavy atom. The topological polar surface area (TPSA) is 164 Å². The van der Waals surface area contributed by atoms with Crippen LogP contribution in [0, 0.1) is 30.1 Å². The summed E-state index contributed by atoms with van der Waals surface area (Å²) in [5, 5.41) is 18.1. The molecule has 1 aromatic heterocycles. The fourth-order valence-corrected chi connectivity index (χ4v) is 3.45. The van der Waals surface area contributed by atoms with E-state index in [0.29, 0.717) is 18.8 Å². The third kappa shape index (κ3) is 7.46. The van der Waals surface area contributed by atoms with Crippen LogP contribution < -0.4 is 10.6 Å². The molecule has 0 saturated carbocycles. The summed E-state index contributed by atoms with van der Waals surface area (Å²) in [5.41, 5.74) is -0.913. The van der Waals surface area contributed by atoms with Crippen LogP contribution in [0.2, 0.25) is 0 Å². The van der Waals surface area contributed by atoms with E-state index in [9.17, 15) is 24.4 Å². The summed E-state index contributed by atoms with van der Waals surface area (Å²) in [7, 11) is 1.37. The second kappa shape index (κ2) is 11.9. The molecule has 0 unspecified atom stereocenters. The van der Waals surface area contributed by atoms with Crippen molar-refractivity contribution in [3.05, 3.63) is 17.5 Å². The molecule has 1 aliphatic rings. The van der Waals surface area contributed by atoms with Crippen LogP contribution in [0.3, 0.4) is 0 Å². The van der Waals surface area contributed by atoms with Gasteiger partial charge >= 0.3 is 0 Å². The molecule has 34 heavy (non-hydrogen) atoms. The second-order valence-electron chi connectivity index (χ2n) is 9.11. The van der Waals surface area contributed by atoms with Gasteiger partial charge in [-0.3, -0.25) is 19.2 Å². The maximum atomic E-state index is 13.0. The molecule has 2 heterocycles. The van der Waals surface area contributed by atoms with Crippen LogP contribution in [0.5, 0.6) is 0 Å². The highest BCUT2D eigenvalue weighted by Gasteiger charge is 2.50. The van der Waals surface area contributed by atoms with Gasteiger partial charge in [0.15, 0.2) is 17.3 Å². The standard InChI is InChI=1S/C23H32N4O7/c1-13(2)8-16(20(29)23(4)12-33-23)25-21(30)15(6-7-24)10-19(28)18(11-32-5)26-22(31)17-9-14(3)34-27-17/h9,13,15-16,18H,6,8,10-12H2,1-5H3,(H,25,30)(H,26,31)/t15-,16+,18+,23-/m1/s1. The van der Waals surface area contributed by atoms with Crippen molar-refractivity contribution < 1.29 is 33.2 Å². The number of nitriles is 1. The average molecular weight is 477 g/mol. The predicted octanol–water partition coefficient (Wildman–Crippen LogP) is 1.11. The number of amides is 2. The first-order valence-electron chi connectivity index (χ1n) is 11.1. The van der Waals surface area contributed by atoms with Crippen molar-refractivity contribution in [1.29, 1.82) is 5.26 Å². The summed E-state index contributed by atoms with van der Waals surface area (Å²) in [6.07, 6.45) is -0.151. The number of aromatic nitrogens is 1. The lowest BCUT2D eigenvalue weighted by atomic mass is 9.91. The molecule has 11 nitrogen and oxygen atoms in total. The fraction of sp³-hybridized carbons (Fsp3) is 0.652. The third-order valence-corrected chi connectivity index (χ3v) is 5.48. The van der Waals surface area contributed by atoms with Crippen LogP contribution in [0.15, 0.2) is 10.6 Å². The zero-order valence-electron chi connectivity index (χ0n) is 20.2. The molecule has 1 fully saturated rings. The SMILES string of the molecule is COC[C@H](NC(=O)c1cc(C)on1)C(=O)C[C@@H](CC#N)C(=O)N[C@@H](CC(C)C)C(=O)[C@@]1(C)CO1.